The molecule has 5 nitrogen and oxygen atoms in total. The van der Waals surface area contributed by atoms with E-state index in [1.54, 1.807) is 0 Å². The van der Waals surface area contributed by atoms with Crippen molar-refractivity contribution in [2.75, 3.05) is 11.1 Å². The van der Waals surface area contributed by atoms with Crippen molar-refractivity contribution >= 4 is 33.3 Å². The van der Waals surface area contributed by atoms with Gasteiger partial charge in [-0.3, -0.25) is 4.79 Å². The molecule has 0 atom stereocenters. The van der Waals surface area contributed by atoms with Crippen molar-refractivity contribution in [2.45, 2.75) is 0 Å². The Bertz CT molecular complexity index is 557. The van der Waals surface area contributed by atoms with Gasteiger partial charge in [0.05, 0.1) is 11.3 Å². The Labute approximate surface area is 104 Å². The molecule has 0 saturated heterocycles. The number of nitrogens with two attached hydrogens (primary N) is 1. The van der Waals surface area contributed by atoms with E-state index in [1.807, 2.05) is 0 Å². The summed E-state index contributed by atoms with van der Waals surface area (Å²) in [5.74, 6) is -0.780. The van der Waals surface area contributed by atoms with Crippen LogP contribution in [0.3, 0.4) is 0 Å². The molecule has 0 fully saturated rings. The number of rotatable bonds is 2. The highest BCUT2D eigenvalue weighted by molar-refractivity contribution is 9.10. The van der Waals surface area contributed by atoms with Gasteiger partial charge in [-0.2, -0.15) is 0 Å². The third kappa shape index (κ3) is 2.44. The molecule has 1 aromatic carbocycles. The van der Waals surface area contributed by atoms with E-state index in [2.05, 4.69) is 30.9 Å². The normalized spacial score (nSPS) is 10.2. The molecule has 0 unspecified atom stereocenters. The summed E-state index contributed by atoms with van der Waals surface area (Å²) < 4.78 is 18.0. The second-order valence-electron chi connectivity index (χ2n) is 3.19. The molecular weight excluding hydrogens is 293 g/mol. The second kappa shape index (κ2) is 4.54. The summed E-state index contributed by atoms with van der Waals surface area (Å²) in [7, 11) is 0. The zero-order valence-corrected chi connectivity index (χ0v) is 9.99. The number of aromatic nitrogens is 1. The fraction of sp³-hybridized carbons (Fsp3) is 0. The summed E-state index contributed by atoms with van der Waals surface area (Å²) in [6, 6.07) is 3.86. The molecule has 17 heavy (non-hydrogen) atoms. The number of carbonyl (C=O) groups is 1. The molecule has 3 N–H and O–H groups in total. The molecule has 0 aliphatic heterocycles. The van der Waals surface area contributed by atoms with E-state index in [1.165, 1.54) is 18.4 Å². The summed E-state index contributed by atoms with van der Waals surface area (Å²) in [4.78, 5) is 11.8. The zero-order chi connectivity index (χ0) is 12.4. The van der Waals surface area contributed by atoms with Crippen LogP contribution in [0.5, 0.6) is 0 Å². The Morgan fingerprint density at radius 3 is 2.94 bits per heavy atom. The van der Waals surface area contributed by atoms with Crippen molar-refractivity contribution in [1.29, 1.82) is 0 Å². The number of nitrogens with one attached hydrogen (secondary N) is 1. The van der Waals surface area contributed by atoms with E-state index in [0.717, 1.165) is 6.07 Å². The number of benzene rings is 1. The van der Waals surface area contributed by atoms with Crippen LogP contribution >= 0.6 is 15.9 Å². The minimum atomic E-state index is -0.588. The molecule has 88 valence electrons. The van der Waals surface area contributed by atoms with Crippen molar-refractivity contribution in [2.24, 2.45) is 0 Å². The highest BCUT2D eigenvalue weighted by Gasteiger charge is 2.14. The monoisotopic (exact) mass is 299 g/mol. The molecule has 0 spiro atoms. The lowest BCUT2D eigenvalue weighted by molar-refractivity contribution is 0.102. The Morgan fingerprint density at radius 2 is 2.29 bits per heavy atom. The van der Waals surface area contributed by atoms with E-state index in [9.17, 15) is 9.18 Å². The molecule has 0 bridgehead atoms. The number of hydrogen-bond acceptors (Lipinski definition) is 4. The maximum absolute atomic E-state index is 13.1. The SMILES string of the molecule is Nc1cc(C(=O)Nc2ccon2)c(Br)cc1F. The highest BCUT2D eigenvalue weighted by atomic mass is 79.9. The van der Waals surface area contributed by atoms with Gasteiger partial charge in [0, 0.05) is 10.5 Å². The number of hydrogen-bond donors (Lipinski definition) is 2. The quantitative estimate of drug-likeness (QED) is 0.835. The van der Waals surface area contributed by atoms with Crippen LogP contribution in [0.15, 0.2) is 33.5 Å². The maximum Gasteiger partial charge on any atom is 0.258 e. The van der Waals surface area contributed by atoms with Crippen LogP contribution in [0.1, 0.15) is 10.4 Å². The van der Waals surface area contributed by atoms with Crippen LogP contribution in [0, 0.1) is 5.82 Å². The highest BCUT2D eigenvalue weighted by Crippen LogP contribution is 2.23. The lowest BCUT2D eigenvalue weighted by Gasteiger charge is -2.06. The van der Waals surface area contributed by atoms with Crippen LogP contribution in [0.2, 0.25) is 0 Å². The summed E-state index contributed by atoms with van der Waals surface area (Å²) >= 11 is 3.09. The average Bonchev–Trinajstić information content (AvgIpc) is 2.76. The third-order valence-corrected chi connectivity index (χ3v) is 2.67. The molecule has 2 aromatic rings. The van der Waals surface area contributed by atoms with Crippen molar-refractivity contribution in [1.82, 2.24) is 5.16 Å². The first kappa shape index (κ1) is 11.6. The van der Waals surface area contributed by atoms with Gasteiger partial charge < -0.3 is 15.6 Å². The first-order valence-electron chi connectivity index (χ1n) is 4.54. The Morgan fingerprint density at radius 1 is 1.53 bits per heavy atom. The van der Waals surface area contributed by atoms with E-state index < -0.39 is 11.7 Å². The summed E-state index contributed by atoms with van der Waals surface area (Å²) in [5.41, 5.74) is 5.51. The van der Waals surface area contributed by atoms with Gasteiger partial charge in [-0.05, 0) is 28.1 Å². The molecule has 7 heteroatoms. The van der Waals surface area contributed by atoms with Gasteiger partial charge in [-0.1, -0.05) is 5.16 Å². The van der Waals surface area contributed by atoms with E-state index in [4.69, 9.17) is 5.73 Å². The van der Waals surface area contributed by atoms with Gasteiger partial charge in [-0.15, -0.1) is 0 Å². The number of nitrogen functional groups attached to an aromatic ring is 1. The van der Waals surface area contributed by atoms with Crippen LogP contribution in [-0.2, 0) is 0 Å². The molecule has 0 saturated carbocycles. The average molecular weight is 300 g/mol. The molecule has 1 heterocycles. The van der Waals surface area contributed by atoms with Crippen molar-refractivity contribution in [3.05, 3.63) is 40.3 Å². The molecule has 2 rings (SSSR count). The lowest BCUT2D eigenvalue weighted by atomic mass is 10.2. The van der Waals surface area contributed by atoms with Crippen LogP contribution in [0.25, 0.3) is 0 Å². The molecular formula is C10H7BrFN3O2. The lowest BCUT2D eigenvalue weighted by Crippen LogP contribution is -2.13. The summed E-state index contributed by atoms with van der Waals surface area (Å²) in [5, 5.41) is 6.00. The first-order chi connectivity index (χ1) is 8.08. The molecule has 0 aliphatic rings. The fourth-order valence-electron chi connectivity index (χ4n) is 1.20. The van der Waals surface area contributed by atoms with Gasteiger partial charge in [0.2, 0.25) is 0 Å². The minimum Gasteiger partial charge on any atom is -0.396 e. The Hall–Kier alpha value is -1.89. The number of anilines is 2. The van der Waals surface area contributed by atoms with Gasteiger partial charge in [0.15, 0.2) is 5.82 Å². The van der Waals surface area contributed by atoms with Crippen LogP contribution in [0.4, 0.5) is 15.9 Å². The molecule has 0 radical (unpaired) electrons. The van der Waals surface area contributed by atoms with Crippen molar-refractivity contribution in [3.8, 4) is 0 Å². The Balaban J connectivity index is 2.28. The number of nitrogens with zero attached hydrogens (tertiary/aromatic N) is 1. The van der Waals surface area contributed by atoms with E-state index in [-0.39, 0.29) is 17.1 Å². The van der Waals surface area contributed by atoms with Gasteiger partial charge in [-0.25, -0.2) is 4.39 Å². The summed E-state index contributed by atoms with van der Waals surface area (Å²) in [6.07, 6.45) is 1.32. The number of amides is 1. The molecule has 1 aromatic heterocycles. The minimum absolute atomic E-state index is 0.0986. The topological polar surface area (TPSA) is 81.2 Å². The molecule has 1 amide bonds. The fourth-order valence-corrected chi connectivity index (χ4v) is 1.70. The van der Waals surface area contributed by atoms with E-state index >= 15 is 0 Å². The third-order valence-electron chi connectivity index (χ3n) is 2.01. The predicted molar refractivity (Wildman–Crippen MR) is 63.0 cm³/mol. The van der Waals surface area contributed by atoms with Crippen LogP contribution in [-0.4, -0.2) is 11.1 Å². The van der Waals surface area contributed by atoms with Gasteiger partial charge in [0.25, 0.3) is 5.91 Å². The maximum atomic E-state index is 13.1. The first-order valence-corrected chi connectivity index (χ1v) is 5.33. The molecule has 0 aliphatic carbocycles. The van der Waals surface area contributed by atoms with E-state index in [0.29, 0.717) is 4.47 Å². The van der Waals surface area contributed by atoms with Crippen molar-refractivity contribution in [3.63, 3.8) is 0 Å². The number of halogens is 2. The van der Waals surface area contributed by atoms with Gasteiger partial charge in [0.1, 0.15) is 12.1 Å². The zero-order valence-electron chi connectivity index (χ0n) is 8.41. The smallest absolute Gasteiger partial charge is 0.258 e. The Kier molecular flexibility index (Phi) is 3.10. The largest absolute Gasteiger partial charge is 0.396 e. The van der Waals surface area contributed by atoms with Crippen LogP contribution < -0.4 is 11.1 Å². The standard InChI is InChI=1S/C10H7BrFN3O2/c11-6-4-7(12)8(13)3-5(6)10(16)14-9-1-2-17-15-9/h1-4H,13H2,(H,14,15,16). The second-order valence-corrected chi connectivity index (χ2v) is 4.05. The summed E-state index contributed by atoms with van der Waals surface area (Å²) in [6.45, 7) is 0. The predicted octanol–water partition coefficient (Wildman–Crippen LogP) is 2.41. The van der Waals surface area contributed by atoms with Crippen molar-refractivity contribution < 1.29 is 13.7 Å². The number of carbonyl (C=O) groups excluding carboxylic acids is 1. The van der Waals surface area contributed by atoms with Gasteiger partial charge >= 0.3 is 0 Å².